The number of carbonyl (C=O) groups is 1. The summed E-state index contributed by atoms with van der Waals surface area (Å²) in [5.41, 5.74) is 0.775. The van der Waals surface area contributed by atoms with E-state index in [0.717, 1.165) is 11.3 Å². The number of ether oxygens (including phenoxy) is 1. The van der Waals surface area contributed by atoms with E-state index in [9.17, 15) is 4.79 Å². The van der Waals surface area contributed by atoms with E-state index in [1.165, 1.54) is 0 Å². The maximum Gasteiger partial charge on any atom is 0.211 e. The molecule has 0 aliphatic heterocycles. The summed E-state index contributed by atoms with van der Waals surface area (Å²) >= 11 is 0. The highest BCUT2D eigenvalue weighted by atomic mass is 32.2. The van der Waals surface area contributed by atoms with Gasteiger partial charge in [-0.1, -0.05) is 0 Å². The number of rotatable bonds is 5. The van der Waals surface area contributed by atoms with E-state index in [1.54, 1.807) is 0 Å². The Bertz CT molecular complexity index is 341. The lowest BCUT2D eigenvalue weighted by Crippen LogP contribution is -2.13. The molecule has 0 heterocycles. The molecule has 0 aliphatic rings. The van der Waals surface area contributed by atoms with Crippen LogP contribution in [-0.2, 0) is 10.9 Å². The first-order valence-corrected chi connectivity index (χ1v) is 7.54. The lowest BCUT2D eigenvalue weighted by Gasteiger charge is -2.09. The minimum atomic E-state index is 0.159. The minimum Gasteiger partial charge on any atom is -0.491 e. The first-order chi connectivity index (χ1) is 7.49. The zero-order valence-electron chi connectivity index (χ0n) is 10.3. The van der Waals surface area contributed by atoms with Crippen LogP contribution in [0.5, 0.6) is 5.75 Å². The van der Waals surface area contributed by atoms with Crippen molar-refractivity contribution in [2.24, 2.45) is 0 Å². The smallest absolute Gasteiger partial charge is 0.211 e. The van der Waals surface area contributed by atoms with Gasteiger partial charge in [-0.15, -0.1) is 0 Å². The molecule has 0 unspecified atom stereocenters. The zero-order chi connectivity index (χ0) is 12.1. The summed E-state index contributed by atoms with van der Waals surface area (Å²) in [5, 5.41) is 0. The van der Waals surface area contributed by atoms with Gasteiger partial charge in [0.05, 0.1) is 18.6 Å². The second-order valence-corrected chi connectivity index (χ2v) is 6.50. The van der Waals surface area contributed by atoms with Gasteiger partial charge >= 0.3 is 0 Å². The van der Waals surface area contributed by atoms with Gasteiger partial charge in [-0.2, -0.15) is 0 Å². The third-order valence-corrected chi connectivity index (χ3v) is 2.81. The third-order valence-electron chi connectivity index (χ3n) is 1.97. The number of carbonyl (C=O) groups excluding carboxylic acids is 1. The summed E-state index contributed by atoms with van der Waals surface area (Å²) < 4.78 is 5.52. The summed E-state index contributed by atoms with van der Waals surface area (Å²) in [7, 11) is 0.159. The first kappa shape index (κ1) is 13.1. The van der Waals surface area contributed by atoms with Crippen molar-refractivity contribution in [2.75, 3.05) is 18.3 Å². The summed E-state index contributed by atoms with van der Waals surface area (Å²) in [6.45, 7) is 3.97. The SMILES string of the molecule is CC(C)Oc1ccc(C(=O)C[S+](C)C)cc1. The van der Waals surface area contributed by atoms with Crippen LogP contribution in [0.4, 0.5) is 0 Å². The Morgan fingerprint density at radius 3 is 2.25 bits per heavy atom. The highest BCUT2D eigenvalue weighted by Crippen LogP contribution is 2.14. The fraction of sp³-hybridized carbons (Fsp3) is 0.462. The second-order valence-electron chi connectivity index (χ2n) is 4.24. The molecular weight excluding hydrogens is 220 g/mol. The summed E-state index contributed by atoms with van der Waals surface area (Å²) in [6.07, 6.45) is 4.32. The van der Waals surface area contributed by atoms with Crippen LogP contribution >= 0.6 is 0 Å². The van der Waals surface area contributed by atoms with Gasteiger partial charge in [0.1, 0.15) is 5.75 Å². The molecule has 0 N–H and O–H groups in total. The van der Waals surface area contributed by atoms with Crippen LogP contribution in [0, 0.1) is 0 Å². The van der Waals surface area contributed by atoms with Crippen molar-refractivity contribution in [3.63, 3.8) is 0 Å². The maximum absolute atomic E-state index is 11.8. The molecule has 0 bridgehead atoms. The fourth-order valence-electron chi connectivity index (χ4n) is 1.34. The van der Waals surface area contributed by atoms with E-state index in [2.05, 4.69) is 12.5 Å². The Morgan fingerprint density at radius 2 is 1.81 bits per heavy atom. The van der Waals surface area contributed by atoms with Gasteiger partial charge in [-0.25, -0.2) is 0 Å². The van der Waals surface area contributed by atoms with E-state index < -0.39 is 0 Å². The largest absolute Gasteiger partial charge is 0.491 e. The van der Waals surface area contributed by atoms with Crippen LogP contribution in [0.2, 0.25) is 0 Å². The predicted molar refractivity (Wildman–Crippen MR) is 70.6 cm³/mol. The van der Waals surface area contributed by atoms with Gasteiger partial charge in [0.25, 0.3) is 0 Å². The van der Waals surface area contributed by atoms with Crippen molar-refractivity contribution >= 4 is 16.7 Å². The van der Waals surface area contributed by atoms with Gasteiger partial charge < -0.3 is 4.74 Å². The predicted octanol–water partition coefficient (Wildman–Crippen LogP) is 2.53. The molecule has 1 aromatic rings. The summed E-state index contributed by atoms with van der Waals surface area (Å²) in [4.78, 5) is 11.8. The Labute approximate surface area is 100 Å². The molecule has 16 heavy (non-hydrogen) atoms. The van der Waals surface area contributed by atoms with E-state index >= 15 is 0 Å². The number of Topliss-reactive ketones (excluding diaryl/α,β-unsaturated/α-hetero) is 1. The van der Waals surface area contributed by atoms with E-state index in [-0.39, 0.29) is 22.8 Å². The zero-order valence-corrected chi connectivity index (χ0v) is 11.1. The molecule has 3 heteroatoms. The van der Waals surface area contributed by atoms with Crippen molar-refractivity contribution in [1.82, 2.24) is 0 Å². The molecule has 0 spiro atoms. The van der Waals surface area contributed by atoms with Gasteiger partial charge in [-0.3, -0.25) is 4.79 Å². The third kappa shape index (κ3) is 4.27. The number of hydrogen-bond acceptors (Lipinski definition) is 2. The number of ketones is 1. The molecule has 2 nitrogen and oxygen atoms in total. The Kier molecular flexibility index (Phi) is 4.87. The van der Waals surface area contributed by atoms with Gasteiger partial charge in [-0.05, 0) is 49.0 Å². The topological polar surface area (TPSA) is 26.3 Å². The highest BCUT2D eigenvalue weighted by Gasteiger charge is 2.13. The lowest BCUT2D eigenvalue weighted by atomic mass is 10.1. The standard InChI is InChI=1S/C13H19O2S/c1-10(2)15-12-7-5-11(6-8-12)13(14)9-16(3)4/h5-8,10H,9H2,1-4H3/q+1. The molecule has 0 atom stereocenters. The number of benzene rings is 1. The van der Waals surface area contributed by atoms with E-state index in [4.69, 9.17) is 4.74 Å². The molecule has 1 rings (SSSR count). The molecule has 0 saturated heterocycles. The van der Waals surface area contributed by atoms with Crippen LogP contribution in [0.3, 0.4) is 0 Å². The van der Waals surface area contributed by atoms with Gasteiger partial charge in [0, 0.05) is 5.56 Å². The lowest BCUT2D eigenvalue weighted by molar-refractivity contribution is 0.102. The van der Waals surface area contributed by atoms with Crippen LogP contribution in [0.1, 0.15) is 24.2 Å². The maximum atomic E-state index is 11.8. The Morgan fingerprint density at radius 1 is 1.25 bits per heavy atom. The molecular formula is C13H19O2S+. The first-order valence-electron chi connectivity index (χ1n) is 5.33. The van der Waals surface area contributed by atoms with Crippen LogP contribution in [0.25, 0.3) is 0 Å². The van der Waals surface area contributed by atoms with E-state index in [0.29, 0.717) is 5.75 Å². The van der Waals surface area contributed by atoms with Crippen molar-refractivity contribution in [1.29, 1.82) is 0 Å². The molecule has 0 radical (unpaired) electrons. The summed E-state index contributed by atoms with van der Waals surface area (Å²) in [6, 6.07) is 7.40. The van der Waals surface area contributed by atoms with Crippen LogP contribution in [-0.4, -0.2) is 30.2 Å². The van der Waals surface area contributed by atoms with Crippen LogP contribution < -0.4 is 4.74 Å². The number of hydrogen-bond donors (Lipinski definition) is 0. The Balaban J connectivity index is 2.67. The molecule has 88 valence electrons. The van der Waals surface area contributed by atoms with Crippen molar-refractivity contribution in [3.8, 4) is 5.75 Å². The normalized spacial score (nSPS) is 10.9. The minimum absolute atomic E-state index is 0.159. The van der Waals surface area contributed by atoms with Crippen molar-refractivity contribution in [2.45, 2.75) is 20.0 Å². The average molecular weight is 239 g/mol. The molecule has 0 fully saturated rings. The quantitative estimate of drug-likeness (QED) is 0.583. The fourth-order valence-corrected chi connectivity index (χ4v) is 2.03. The second kappa shape index (κ2) is 5.94. The molecule has 1 aromatic carbocycles. The monoisotopic (exact) mass is 239 g/mol. The van der Waals surface area contributed by atoms with Crippen molar-refractivity contribution < 1.29 is 9.53 Å². The van der Waals surface area contributed by atoms with E-state index in [1.807, 2.05) is 38.1 Å². The molecule has 0 amide bonds. The highest BCUT2D eigenvalue weighted by molar-refractivity contribution is 7.96. The van der Waals surface area contributed by atoms with Crippen molar-refractivity contribution in [3.05, 3.63) is 29.8 Å². The molecule has 0 aliphatic carbocycles. The molecule has 0 aromatic heterocycles. The van der Waals surface area contributed by atoms with Gasteiger partial charge in [0.15, 0.2) is 5.75 Å². The average Bonchev–Trinajstić information content (AvgIpc) is 2.16. The summed E-state index contributed by atoms with van der Waals surface area (Å²) in [5.74, 6) is 1.66. The Hall–Kier alpha value is -0.960. The van der Waals surface area contributed by atoms with Gasteiger partial charge in [0.2, 0.25) is 5.78 Å². The van der Waals surface area contributed by atoms with Crippen LogP contribution in [0.15, 0.2) is 24.3 Å². The molecule has 0 saturated carbocycles.